The normalized spacial score (nSPS) is 14.8. The van der Waals surface area contributed by atoms with E-state index in [-0.39, 0.29) is 6.71 Å². The number of nitrogens with zero attached hydrogens (tertiary/aromatic N) is 1. The molecule has 3 heterocycles. The molecule has 0 fully saturated rings. The van der Waals surface area contributed by atoms with E-state index in [1.807, 2.05) is 0 Å². The van der Waals surface area contributed by atoms with E-state index in [1.165, 1.54) is 55.6 Å². The molecule has 0 amide bonds. The minimum atomic E-state index is -0.499. The first-order chi connectivity index (χ1) is 20.3. The molecule has 0 saturated heterocycles. The van der Waals surface area contributed by atoms with E-state index in [4.69, 9.17) is 4.74 Å². The number of benzene rings is 6. The minimum absolute atomic E-state index is 0.0901. The predicted octanol–water partition coefficient (Wildman–Crippen LogP) is 7.10. The van der Waals surface area contributed by atoms with Gasteiger partial charge in [0.05, 0.1) is 5.41 Å². The van der Waals surface area contributed by atoms with Crippen molar-refractivity contribution in [2.24, 2.45) is 0 Å². The molecular weight excluding hydrogens is 497 g/mol. The fourth-order valence-electron chi connectivity index (χ4n) is 7.79. The van der Waals surface area contributed by atoms with Gasteiger partial charge in [0, 0.05) is 17.1 Å². The van der Waals surface area contributed by atoms with Crippen LogP contribution in [0.25, 0.3) is 0 Å². The third-order valence-corrected chi connectivity index (χ3v) is 9.22. The van der Waals surface area contributed by atoms with Gasteiger partial charge >= 0.3 is 0 Å². The van der Waals surface area contributed by atoms with Crippen molar-refractivity contribution in [1.82, 2.24) is 0 Å². The molecule has 3 heteroatoms. The Bertz CT molecular complexity index is 1950. The molecule has 0 unspecified atom stereocenters. The molecule has 0 saturated carbocycles. The summed E-state index contributed by atoms with van der Waals surface area (Å²) in [4.78, 5) is 2.45. The van der Waals surface area contributed by atoms with Gasteiger partial charge < -0.3 is 9.64 Å². The SMILES string of the molecule is Cc1cc2c3c(c1)N(c1ccccc1)c1cccc4c1B3c1c(cccc1C4(c1ccccc1)c1ccccc1)O2. The summed E-state index contributed by atoms with van der Waals surface area (Å²) < 4.78 is 6.85. The van der Waals surface area contributed by atoms with E-state index in [9.17, 15) is 0 Å². The van der Waals surface area contributed by atoms with Crippen LogP contribution in [-0.2, 0) is 5.41 Å². The average molecular weight is 523 g/mol. The standard InChI is InChI=1S/C38H26BNO/c1-25-23-32-37-34(24-25)41-33-22-12-20-30-36(33)39(37)35-29(19-11-21-31(35)40(32)28-17-9-4-10-18-28)38(30,26-13-5-2-6-14-26)27-15-7-3-8-16-27/h2-24H,1H3. The Hall–Kier alpha value is -5.02. The molecule has 0 N–H and O–H groups in total. The number of hydrogen-bond acceptors (Lipinski definition) is 2. The van der Waals surface area contributed by atoms with Crippen molar-refractivity contribution in [2.75, 3.05) is 4.90 Å². The van der Waals surface area contributed by atoms with Crippen LogP contribution in [0.15, 0.2) is 140 Å². The first-order valence-corrected chi connectivity index (χ1v) is 14.3. The van der Waals surface area contributed by atoms with Crippen LogP contribution >= 0.6 is 0 Å². The summed E-state index contributed by atoms with van der Waals surface area (Å²) in [5.74, 6) is 1.92. The summed E-state index contributed by atoms with van der Waals surface area (Å²) in [6.45, 7) is 2.25. The Morgan fingerprint density at radius 2 is 1.15 bits per heavy atom. The molecule has 0 atom stereocenters. The fraction of sp³-hybridized carbons (Fsp3) is 0.0526. The van der Waals surface area contributed by atoms with E-state index < -0.39 is 5.41 Å². The van der Waals surface area contributed by atoms with Crippen molar-refractivity contribution in [3.05, 3.63) is 167 Å². The van der Waals surface area contributed by atoms with Crippen molar-refractivity contribution in [3.8, 4) is 11.5 Å². The number of rotatable bonds is 3. The van der Waals surface area contributed by atoms with Gasteiger partial charge in [-0.3, -0.25) is 0 Å². The Balaban J connectivity index is 1.49. The first-order valence-electron chi connectivity index (χ1n) is 14.3. The molecule has 6 aromatic rings. The Morgan fingerprint density at radius 1 is 0.537 bits per heavy atom. The van der Waals surface area contributed by atoms with E-state index in [0.717, 1.165) is 17.2 Å². The van der Waals surface area contributed by atoms with E-state index in [0.29, 0.717) is 0 Å². The van der Waals surface area contributed by atoms with Gasteiger partial charge in [0.1, 0.15) is 11.5 Å². The third kappa shape index (κ3) is 2.88. The highest BCUT2D eigenvalue weighted by atomic mass is 16.5. The zero-order valence-electron chi connectivity index (χ0n) is 22.7. The van der Waals surface area contributed by atoms with E-state index in [1.54, 1.807) is 0 Å². The van der Waals surface area contributed by atoms with Crippen LogP contribution < -0.4 is 26.0 Å². The topological polar surface area (TPSA) is 12.5 Å². The highest BCUT2D eigenvalue weighted by Crippen LogP contribution is 2.51. The van der Waals surface area contributed by atoms with Gasteiger partial charge in [0.25, 0.3) is 6.71 Å². The highest BCUT2D eigenvalue weighted by Gasteiger charge is 2.54. The van der Waals surface area contributed by atoms with Crippen LogP contribution in [0.2, 0.25) is 0 Å². The maximum atomic E-state index is 6.85. The van der Waals surface area contributed by atoms with Crippen LogP contribution in [-0.4, -0.2) is 6.71 Å². The third-order valence-electron chi connectivity index (χ3n) is 9.22. The van der Waals surface area contributed by atoms with E-state index in [2.05, 4.69) is 151 Å². The quantitative estimate of drug-likeness (QED) is 0.229. The second kappa shape index (κ2) is 8.25. The number of ether oxygens (including phenoxy) is 1. The molecule has 192 valence electrons. The maximum absolute atomic E-state index is 6.85. The zero-order valence-corrected chi connectivity index (χ0v) is 22.7. The molecule has 3 aliphatic heterocycles. The van der Waals surface area contributed by atoms with Gasteiger partial charge in [-0.25, -0.2) is 0 Å². The second-order valence-corrected chi connectivity index (χ2v) is 11.3. The lowest BCUT2D eigenvalue weighted by Crippen LogP contribution is -2.66. The van der Waals surface area contributed by atoms with Crippen molar-refractivity contribution >= 4 is 40.2 Å². The summed E-state index contributed by atoms with van der Waals surface area (Å²) in [6, 6.07) is 50.9. The van der Waals surface area contributed by atoms with Gasteiger partial charge in [-0.05, 0) is 87.5 Å². The van der Waals surface area contributed by atoms with Crippen molar-refractivity contribution in [3.63, 3.8) is 0 Å². The van der Waals surface area contributed by atoms with Crippen LogP contribution in [0.1, 0.15) is 27.8 Å². The van der Waals surface area contributed by atoms with Gasteiger partial charge in [-0.15, -0.1) is 0 Å². The number of anilines is 3. The molecule has 41 heavy (non-hydrogen) atoms. The summed E-state index contributed by atoms with van der Waals surface area (Å²) in [6.07, 6.45) is 0. The number of para-hydroxylation sites is 1. The smallest absolute Gasteiger partial charge is 0.257 e. The van der Waals surface area contributed by atoms with Crippen molar-refractivity contribution in [2.45, 2.75) is 12.3 Å². The molecule has 3 aliphatic rings. The minimum Gasteiger partial charge on any atom is -0.458 e. The number of aryl methyl sites for hydroxylation is 1. The lowest BCUT2D eigenvalue weighted by Gasteiger charge is -2.50. The lowest BCUT2D eigenvalue weighted by atomic mass is 9.28. The average Bonchev–Trinajstić information content (AvgIpc) is 3.02. The molecule has 9 rings (SSSR count). The fourth-order valence-corrected chi connectivity index (χ4v) is 7.79. The Morgan fingerprint density at radius 3 is 1.83 bits per heavy atom. The molecule has 2 nitrogen and oxygen atoms in total. The van der Waals surface area contributed by atoms with Gasteiger partial charge in [0.2, 0.25) is 0 Å². The van der Waals surface area contributed by atoms with Gasteiger partial charge in [0.15, 0.2) is 0 Å². The van der Waals surface area contributed by atoms with Crippen LogP contribution in [0, 0.1) is 6.92 Å². The van der Waals surface area contributed by atoms with Gasteiger partial charge in [-0.2, -0.15) is 0 Å². The summed E-state index contributed by atoms with van der Waals surface area (Å²) >= 11 is 0. The Kier molecular flexibility index (Phi) is 4.58. The predicted molar refractivity (Wildman–Crippen MR) is 169 cm³/mol. The molecule has 0 aromatic heterocycles. The Labute approximate surface area is 240 Å². The van der Waals surface area contributed by atoms with Crippen LogP contribution in [0.3, 0.4) is 0 Å². The number of hydrogen-bond donors (Lipinski definition) is 0. The highest BCUT2D eigenvalue weighted by molar-refractivity contribution is 7.00. The van der Waals surface area contributed by atoms with Crippen molar-refractivity contribution < 1.29 is 4.74 Å². The van der Waals surface area contributed by atoms with Crippen LogP contribution in [0.5, 0.6) is 11.5 Å². The van der Waals surface area contributed by atoms with Gasteiger partial charge in [-0.1, -0.05) is 103 Å². The monoisotopic (exact) mass is 523 g/mol. The van der Waals surface area contributed by atoms with Crippen molar-refractivity contribution in [1.29, 1.82) is 0 Å². The largest absolute Gasteiger partial charge is 0.458 e. The maximum Gasteiger partial charge on any atom is 0.257 e. The zero-order chi connectivity index (χ0) is 27.1. The molecule has 0 spiro atoms. The molecule has 6 aromatic carbocycles. The second-order valence-electron chi connectivity index (χ2n) is 11.3. The lowest BCUT2D eigenvalue weighted by molar-refractivity contribution is 0.485. The summed E-state index contributed by atoms with van der Waals surface area (Å²) in [5.41, 5.74) is 13.4. The molecule has 0 radical (unpaired) electrons. The first kappa shape index (κ1) is 22.8. The van der Waals surface area contributed by atoms with E-state index >= 15 is 0 Å². The summed E-state index contributed by atoms with van der Waals surface area (Å²) in [5, 5.41) is 0. The molecular formula is C38H26BNO. The summed E-state index contributed by atoms with van der Waals surface area (Å²) in [7, 11) is 0. The van der Waals surface area contributed by atoms with Crippen LogP contribution in [0.4, 0.5) is 17.1 Å². The molecule has 0 bridgehead atoms. The molecule has 0 aliphatic carbocycles.